The Hall–Kier alpha value is -2.98. The number of amides is 1. The first-order valence-corrected chi connectivity index (χ1v) is 10.1. The van der Waals surface area contributed by atoms with Crippen LogP contribution in [0.5, 0.6) is 17.2 Å². The largest absolute Gasteiger partial charge is 0.573 e. The first-order chi connectivity index (χ1) is 15.3. The lowest BCUT2D eigenvalue weighted by Gasteiger charge is -2.34. The quantitative estimate of drug-likeness (QED) is 0.662. The minimum absolute atomic E-state index is 0.205. The van der Waals surface area contributed by atoms with Gasteiger partial charge in [0.15, 0.2) is 0 Å². The van der Waals surface area contributed by atoms with Crippen molar-refractivity contribution in [3.05, 3.63) is 48.0 Å². The van der Waals surface area contributed by atoms with Crippen LogP contribution in [0, 0.1) is 0 Å². The zero-order valence-corrected chi connectivity index (χ0v) is 17.9. The third-order valence-corrected chi connectivity index (χ3v) is 5.09. The second-order valence-electron chi connectivity index (χ2n) is 7.35. The summed E-state index contributed by atoms with van der Waals surface area (Å²) in [5.74, 6) is 1.02. The van der Waals surface area contributed by atoms with Crippen molar-refractivity contribution in [1.29, 1.82) is 0 Å². The number of nitrogens with zero attached hydrogens (tertiary/aromatic N) is 2. The third-order valence-electron chi connectivity index (χ3n) is 5.09. The summed E-state index contributed by atoms with van der Waals surface area (Å²) in [7, 11) is 3.26. The first kappa shape index (κ1) is 23.7. The van der Waals surface area contributed by atoms with Crippen LogP contribution in [-0.2, 0) is 11.3 Å². The van der Waals surface area contributed by atoms with Crippen molar-refractivity contribution < 1.29 is 32.2 Å². The van der Waals surface area contributed by atoms with E-state index in [0.717, 1.165) is 55.4 Å². The van der Waals surface area contributed by atoms with Gasteiger partial charge in [-0.1, -0.05) is 0 Å². The van der Waals surface area contributed by atoms with E-state index in [1.54, 1.807) is 14.2 Å². The smallest absolute Gasteiger partial charge is 0.497 e. The summed E-state index contributed by atoms with van der Waals surface area (Å²) in [5.41, 5.74) is 1.45. The van der Waals surface area contributed by atoms with Gasteiger partial charge in [0.1, 0.15) is 17.2 Å². The second-order valence-corrected chi connectivity index (χ2v) is 7.35. The lowest BCUT2D eigenvalue weighted by molar-refractivity contribution is -0.274. The van der Waals surface area contributed by atoms with E-state index in [-0.39, 0.29) is 18.2 Å². The highest BCUT2D eigenvalue weighted by molar-refractivity contribution is 5.92. The first-order valence-electron chi connectivity index (χ1n) is 10.1. The SMILES string of the molecule is COc1ccc(OC)c(CN2CCN(CC(=O)Nc3ccc(OC(F)(F)F)cc3)CC2)c1. The second kappa shape index (κ2) is 10.6. The predicted octanol–water partition coefficient (Wildman–Crippen LogP) is 3.36. The van der Waals surface area contributed by atoms with E-state index < -0.39 is 6.36 Å². The number of rotatable bonds is 8. The van der Waals surface area contributed by atoms with Crippen molar-refractivity contribution in [3.8, 4) is 17.2 Å². The summed E-state index contributed by atoms with van der Waals surface area (Å²) >= 11 is 0. The molecule has 0 unspecified atom stereocenters. The molecule has 2 aromatic carbocycles. The van der Waals surface area contributed by atoms with E-state index in [0.29, 0.717) is 12.2 Å². The molecule has 0 aromatic heterocycles. The number of piperazine rings is 1. The average molecular weight is 453 g/mol. The van der Waals surface area contributed by atoms with E-state index >= 15 is 0 Å². The number of ether oxygens (including phenoxy) is 3. The predicted molar refractivity (Wildman–Crippen MR) is 113 cm³/mol. The lowest BCUT2D eigenvalue weighted by atomic mass is 10.1. The van der Waals surface area contributed by atoms with Crippen LogP contribution in [0.4, 0.5) is 18.9 Å². The molecule has 174 valence electrons. The number of carbonyl (C=O) groups excluding carboxylic acids is 1. The molecule has 2 aromatic rings. The van der Waals surface area contributed by atoms with Crippen molar-refractivity contribution in [2.75, 3.05) is 52.3 Å². The Kier molecular flexibility index (Phi) is 7.81. The number of halogens is 3. The highest BCUT2D eigenvalue weighted by Gasteiger charge is 2.31. The standard InChI is InChI=1S/C22H26F3N3O4/c1-30-19-7-8-20(31-2)16(13-19)14-27-9-11-28(12-10-27)15-21(29)26-17-3-5-18(6-4-17)32-22(23,24)25/h3-8,13H,9-12,14-15H2,1-2H3,(H,26,29). The Bertz CT molecular complexity index is 898. The molecule has 7 nitrogen and oxygen atoms in total. The van der Waals surface area contributed by atoms with E-state index in [9.17, 15) is 18.0 Å². The third kappa shape index (κ3) is 7.03. The Morgan fingerprint density at radius 1 is 0.938 bits per heavy atom. The molecule has 1 saturated heterocycles. The molecular formula is C22H26F3N3O4. The van der Waals surface area contributed by atoms with E-state index in [4.69, 9.17) is 9.47 Å². The Morgan fingerprint density at radius 2 is 1.56 bits per heavy atom. The molecule has 1 amide bonds. The zero-order chi connectivity index (χ0) is 23.1. The molecule has 0 aliphatic carbocycles. The Labute approximate surface area is 184 Å². The summed E-state index contributed by atoms with van der Waals surface area (Å²) in [4.78, 5) is 16.6. The van der Waals surface area contributed by atoms with E-state index in [1.165, 1.54) is 12.1 Å². The van der Waals surface area contributed by atoms with Gasteiger partial charge >= 0.3 is 6.36 Å². The van der Waals surface area contributed by atoms with Crippen LogP contribution < -0.4 is 19.5 Å². The van der Waals surface area contributed by atoms with Gasteiger partial charge in [0.05, 0.1) is 20.8 Å². The fraction of sp³-hybridized carbons (Fsp3) is 0.409. The summed E-state index contributed by atoms with van der Waals surface area (Å²) in [6.45, 7) is 3.94. The maximum atomic E-state index is 12.3. The molecule has 32 heavy (non-hydrogen) atoms. The van der Waals surface area contributed by atoms with Crippen LogP contribution in [0.3, 0.4) is 0 Å². The highest BCUT2D eigenvalue weighted by Crippen LogP contribution is 2.26. The van der Waals surface area contributed by atoms with Crippen LogP contribution in [0.15, 0.2) is 42.5 Å². The number of hydrogen-bond acceptors (Lipinski definition) is 6. The summed E-state index contributed by atoms with van der Waals surface area (Å²) in [5, 5.41) is 2.70. The number of hydrogen-bond donors (Lipinski definition) is 1. The molecule has 0 atom stereocenters. The minimum atomic E-state index is -4.75. The van der Waals surface area contributed by atoms with Crippen LogP contribution in [0.2, 0.25) is 0 Å². The number of carbonyl (C=O) groups is 1. The van der Waals surface area contributed by atoms with Crippen LogP contribution >= 0.6 is 0 Å². The van der Waals surface area contributed by atoms with Gasteiger partial charge in [-0.3, -0.25) is 14.6 Å². The minimum Gasteiger partial charge on any atom is -0.497 e. The fourth-order valence-corrected chi connectivity index (χ4v) is 3.50. The van der Waals surface area contributed by atoms with Crippen LogP contribution in [-0.4, -0.2) is 69.0 Å². The topological polar surface area (TPSA) is 63.3 Å². The lowest BCUT2D eigenvalue weighted by Crippen LogP contribution is -2.48. The Balaban J connectivity index is 1.45. The number of anilines is 1. The fourth-order valence-electron chi connectivity index (χ4n) is 3.50. The van der Waals surface area contributed by atoms with Crippen LogP contribution in [0.25, 0.3) is 0 Å². The van der Waals surface area contributed by atoms with Gasteiger partial charge in [0, 0.05) is 44.0 Å². The summed E-state index contributed by atoms with van der Waals surface area (Å²) in [6, 6.07) is 10.8. The Morgan fingerprint density at radius 3 is 2.16 bits per heavy atom. The molecule has 10 heteroatoms. The molecule has 0 radical (unpaired) electrons. The van der Waals surface area contributed by atoms with Gasteiger partial charge in [-0.2, -0.15) is 0 Å². The molecular weight excluding hydrogens is 427 g/mol. The van der Waals surface area contributed by atoms with Gasteiger partial charge in [-0.25, -0.2) is 0 Å². The van der Waals surface area contributed by atoms with Gasteiger partial charge in [0.25, 0.3) is 0 Å². The molecule has 0 saturated carbocycles. The van der Waals surface area contributed by atoms with Crippen molar-refractivity contribution in [2.24, 2.45) is 0 Å². The van der Waals surface area contributed by atoms with Crippen molar-refractivity contribution in [2.45, 2.75) is 12.9 Å². The van der Waals surface area contributed by atoms with Gasteiger partial charge < -0.3 is 19.5 Å². The summed E-state index contributed by atoms with van der Waals surface area (Å²) < 4.78 is 51.2. The number of alkyl halides is 3. The summed E-state index contributed by atoms with van der Waals surface area (Å²) in [6.07, 6.45) is -4.75. The van der Waals surface area contributed by atoms with E-state index in [2.05, 4.69) is 15.0 Å². The monoisotopic (exact) mass is 453 g/mol. The maximum Gasteiger partial charge on any atom is 0.573 e. The average Bonchev–Trinajstić information content (AvgIpc) is 2.75. The van der Waals surface area contributed by atoms with Gasteiger partial charge in [-0.05, 0) is 42.5 Å². The molecule has 3 rings (SSSR count). The molecule has 1 heterocycles. The molecule has 0 bridgehead atoms. The van der Waals surface area contributed by atoms with Gasteiger partial charge in [0.2, 0.25) is 5.91 Å². The molecule has 0 spiro atoms. The molecule has 1 N–H and O–H groups in total. The number of methoxy groups -OCH3 is 2. The van der Waals surface area contributed by atoms with Crippen molar-refractivity contribution >= 4 is 11.6 Å². The van der Waals surface area contributed by atoms with Crippen LogP contribution in [0.1, 0.15) is 5.56 Å². The maximum absolute atomic E-state index is 12.3. The molecule has 1 aliphatic rings. The number of benzene rings is 2. The van der Waals surface area contributed by atoms with Crippen molar-refractivity contribution in [3.63, 3.8) is 0 Å². The highest BCUT2D eigenvalue weighted by atomic mass is 19.4. The normalized spacial score (nSPS) is 15.3. The molecule has 1 aliphatic heterocycles. The van der Waals surface area contributed by atoms with Gasteiger partial charge in [-0.15, -0.1) is 13.2 Å². The molecule has 1 fully saturated rings. The zero-order valence-electron chi connectivity index (χ0n) is 17.9. The van der Waals surface area contributed by atoms with Crippen molar-refractivity contribution in [1.82, 2.24) is 9.80 Å². The number of nitrogens with one attached hydrogen (secondary N) is 1. The van der Waals surface area contributed by atoms with E-state index in [1.807, 2.05) is 23.1 Å².